The molecule has 0 bridgehead atoms. The molecule has 0 atom stereocenters. The number of benzene rings is 3. The number of halogens is 1. The number of allylic oxidation sites excluding steroid dienone is 1. The fraction of sp³-hybridized carbons (Fsp3) is 0.241. The van der Waals surface area contributed by atoms with Crippen molar-refractivity contribution < 1.29 is 4.39 Å². The van der Waals surface area contributed by atoms with Crippen LogP contribution in [-0.2, 0) is 12.8 Å². The van der Waals surface area contributed by atoms with Crippen LogP contribution in [0.25, 0.3) is 11.1 Å². The van der Waals surface area contributed by atoms with Gasteiger partial charge in [-0.05, 0) is 66.0 Å². The van der Waals surface area contributed by atoms with Gasteiger partial charge in [0.05, 0.1) is 12.4 Å². The van der Waals surface area contributed by atoms with Gasteiger partial charge in [0, 0.05) is 5.56 Å². The van der Waals surface area contributed by atoms with Crippen LogP contribution in [-0.4, -0.2) is 12.4 Å². The first-order chi connectivity index (χ1) is 15.7. The highest BCUT2D eigenvalue weighted by atomic mass is 19.1. The molecule has 3 rings (SSSR count). The van der Waals surface area contributed by atoms with E-state index in [2.05, 4.69) is 48.0 Å². The molecule has 0 heterocycles. The van der Waals surface area contributed by atoms with Crippen LogP contribution in [0.5, 0.6) is 0 Å². The third kappa shape index (κ3) is 7.12. The van der Waals surface area contributed by atoms with Crippen molar-refractivity contribution in [3.05, 3.63) is 107 Å². The first-order valence-electron chi connectivity index (χ1n) is 11.3. The van der Waals surface area contributed by atoms with Gasteiger partial charge in [-0.15, -0.1) is 6.58 Å². The summed E-state index contributed by atoms with van der Waals surface area (Å²) in [4.78, 5) is 0. The van der Waals surface area contributed by atoms with Gasteiger partial charge in [0.15, 0.2) is 0 Å². The molecule has 32 heavy (non-hydrogen) atoms. The highest BCUT2D eigenvalue weighted by Crippen LogP contribution is 2.24. The number of hydrogen-bond acceptors (Lipinski definition) is 2. The van der Waals surface area contributed by atoms with E-state index in [-0.39, 0.29) is 5.82 Å². The van der Waals surface area contributed by atoms with Gasteiger partial charge in [-0.2, -0.15) is 10.2 Å². The highest BCUT2D eigenvalue weighted by molar-refractivity contribution is 5.83. The van der Waals surface area contributed by atoms with Gasteiger partial charge in [0.2, 0.25) is 0 Å². The van der Waals surface area contributed by atoms with Crippen molar-refractivity contribution in [2.24, 2.45) is 10.2 Å². The van der Waals surface area contributed by atoms with E-state index in [4.69, 9.17) is 0 Å². The Balaban J connectivity index is 1.56. The molecular weight excluding hydrogens is 395 g/mol. The van der Waals surface area contributed by atoms with E-state index in [0.717, 1.165) is 36.8 Å². The summed E-state index contributed by atoms with van der Waals surface area (Å²) >= 11 is 0. The fourth-order valence-electron chi connectivity index (χ4n) is 3.57. The third-order valence-electron chi connectivity index (χ3n) is 5.38. The minimum Gasteiger partial charge on any atom is -0.206 e. The summed E-state index contributed by atoms with van der Waals surface area (Å²) in [5, 5.41) is 8.17. The predicted molar refractivity (Wildman–Crippen MR) is 135 cm³/mol. The predicted octanol–water partition coefficient (Wildman–Crippen LogP) is 7.80. The van der Waals surface area contributed by atoms with E-state index in [9.17, 15) is 4.39 Å². The van der Waals surface area contributed by atoms with Crippen LogP contribution < -0.4 is 0 Å². The molecule has 0 fully saturated rings. The molecule has 0 spiro atoms. The summed E-state index contributed by atoms with van der Waals surface area (Å²) in [6.07, 6.45) is 11.9. The van der Waals surface area contributed by atoms with Crippen LogP contribution >= 0.6 is 0 Å². The lowest BCUT2D eigenvalue weighted by atomic mass is 10.0. The first kappa shape index (κ1) is 23.3. The topological polar surface area (TPSA) is 24.7 Å². The minimum atomic E-state index is -0.259. The Morgan fingerprint density at radius 2 is 1.41 bits per heavy atom. The van der Waals surface area contributed by atoms with Crippen molar-refractivity contribution in [2.45, 2.75) is 45.4 Å². The maximum absolute atomic E-state index is 14.6. The number of rotatable bonds is 11. The van der Waals surface area contributed by atoms with Crippen molar-refractivity contribution in [3.8, 4) is 11.1 Å². The maximum atomic E-state index is 14.6. The van der Waals surface area contributed by atoms with Crippen molar-refractivity contribution in [3.63, 3.8) is 0 Å². The lowest BCUT2D eigenvalue weighted by Gasteiger charge is -2.06. The van der Waals surface area contributed by atoms with Gasteiger partial charge >= 0.3 is 0 Å². The first-order valence-corrected chi connectivity index (χ1v) is 11.3. The van der Waals surface area contributed by atoms with E-state index in [1.165, 1.54) is 30.0 Å². The van der Waals surface area contributed by atoms with Gasteiger partial charge in [-0.1, -0.05) is 80.1 Å². The van der Waals surface area contributed by atoms with E-state index in [1.54, 1.807) is 18.5 Å². The molecule has 164 valence electrons. The monoisotopic (exact) mass is 426 g/mol. The number of aryl methyl sites for hydroxylation is 2. The molecule has 2 nitrogen and oxygen atoms in total. The highest BCUT2D eigenvalue weighted by Gasteiger charge is 2.06. The summed E-state index contributed by atoms with van der Waals surface area (Å²) in [5.74, 6) is -0.259. The molecule has 3 aromatic rings. The van der Waals surface area contributed by atoms with Crippen molar-refractivity contribution >= 4 is 12.4 Å². The second kappa shape index (κ2) is 12.5. The third-order valence-corrected chi connectivity index (χ3v) is 5.38. The van der Waals surface area contributed by atoms with Gasteiger partial charge in [0.1, 0.15) is 5.82 Å². The van der Waals surface area contributed by atoms with Crippen molar-refractivity contribution in [1.82, 2.24) is 0 Å². The van der Waals surface area contributed by atoms with E-state index < -0.39 is 0 Å². The van der Waals surface area contributed by atoms with Crippen LogP contribution in [0.1, 0.15) is 54.9 Å². The lowest BCUT2D eigenvalue weighted by molar-refractivity contribution is 0.631. The standard InChI is InChI=1S/C29H31FN2/c1-3-5-6-7-9-24-10-12-25(13-11-24)21-31-32-22-26-16-19-28(29(30)20-26)27-17-14-23(8-4-2)15-18-27/h3,10-22H,1,4-9H2,2H3. The molecule has 0 aliphatic heterocycles. The number of unbranched alkanes of at least 4 members (excludes halogenated alkanes) is 2. The summed E-state index contributed by atoms with van der Waals surface area (Å²) < 4.78 is 14.6. The molecule has 0 aliphatic rings. The van der Waals surface area contributed by atoms with E-state index in [1.807, 2.05) is 36.4 Å². The Bertz CT molecular complexity index is 1050. The molecule has 0 aromatic heterocycles. The Labute approximate surface area is 191 Å². The lowest BCUT2D eigenvalue weighted by Crippen LogP contribution is -1.90. The zero-order valence-electron chi connectivity index (χ0n) is 18.8. The average molecular weight is 427 g/mol. The Hall–Kier alpha value is -3.33. The Morgan fingerprint density at radius 3 is 2.06 bits per heavy atom. The van der Waals surface area contributed by atoms with Crippen molar-refractivity contribution in [1.29, 1.82) is 0 Å². The maximum Gasteiger partial charge on any atom is 0.131 e. The molecule has 0 N–H and O–H groups in total. The largest absolute Gasteiger partial charge is 0.206 e. The fourth-order valence-corrected chi connectivity index (χ4v) is 3.57. The molecule has 0 unspecified atom stereocenters. The summed E-state index contributed by atoms with van der Waals surface area (Å²) in [6, 6.07) is 21.6. The Morgan fingerprint density at radius 1 is 0.781 bits per heavy atom. The zero-order chi connectivity index (χ0) is 22.6. The summed E-state index contributed by atoms with van der Waals surface area (Å²) in [7, 11) is 0. The van der Waals surface area contributed by atoms with Crippen LogP contribution in [0, 0.1) is 5.82 Å². The quantitative estimate of drug-likeness (QED) is 0.129. The Kier molecular flexibility index (Phi) is 9.12. The molecule has 3 aromatic carbocycles. The van der Waals surface area contributed by atoms with Gasteiger partial charge < -0.3 is 0 Å². The van der Waals surface area contributed by atoms with Crippen LogP contribution in [0.3, 0.4) is 0 Å². The average Bonchev–Trinajstić information content (AvgIpc) is 2.81. The second-order valence-electron chi connectivity index (χ2n) is 7.95. The minimum absolute atomic E-state index is 0.259. The van der Waals surface area contributed by atoms with Crippen LogP contribution in [0.2, 0.25) is 0 Å². The normalized spacial score (nSPS) is 11.4. The van der Waals surface area contributed by atoms with Crippen LogP contribution in [0.15, 0.2) is 89.6 Å². The molecule has 0 amide bonds. The zero-order valence-corrected chi connectivity index (χ0v) is 18.8. The van der Waals surface area contributed by atoms with Gasteiger partial charge in [-0.25, -0.2) is 4.39 Å². The molecule has 0 aliphatic carbocycles. The molecule has 3 heteroatoms. The SMILES string of the molecule is C=CCCCCc1ccc(C=NN=Cc2ccc(-c3ccc(CCC)cc3)c(F)c2)cc1. The van der Waals surface area contributed by atoms with Gasteiger partial charge in [-0.3, -0.25) is 0 Å². The molecule has 0 saturated heterocycles. The number of nitrogens with zero attached hydrogens (tertiary/aromatic N) is 2. The molecular formula is C29H31FN2. The molecule has 0 radical (unpaired) electrons. The smallest absolute Gasteiger partial charge is 0.131 e. The summed E-state index contributed by atoms with van der Waals surface area (Å²) in [5.41, 5.74) is 5.75. The van der Waals surface area contributed by atoms with Gasteiger partial charge in [0.25, 0.3) is 0 Å². The van der Waals surface area contributed by atoms with E-state index >= 15 is 0 Å². The second-order valence-corrected chi connectivity index (χ2v) is 7.95. The van der Waals surface area contributed by atoms with Crippen LogP contribution in [0.4, 0.5) is 4.39 Å². The van der Waals surface area contributed by atoms with Crippen molar-refractivity contribution in [2.75, 3.05) is 0 Å². The summed E-state index contributed by atoms with van der Waals surface area (Å²) in [6.45, 7) is 5.91. The molecule has 0 saturated carbocycles. The number of hydrogen-bond donors (Lipinski definition) is 0. The van der Waals surface area contributed by atoms with E-state index in [0.29, 0.717) is 11.1 Å².